The van der Waals surface area contributed by atoms with Crippen LogP contribution in [0.4, 0.5) is 8.78 Å². The second-order valence-electron chi connectivity index (χ2n) is 4.24. The van der Waals surface area contributed by atoms with E-state index in [1.165, 1.54) is 12.1 Å². The molecule has 1 aromatic heterocycles. The summed E-state index contributed by atoms with van der Waals surface area (Å²) in [6.07, 6.45) is 1.63. The maximum atomic E-state index is 14.1. The minimum atomic E-state index is -0.627. The molecule has 1 aromatic carbocycles. The van der Waals surface area contributed by atoms with Crippen LogP contribution in [0.25, 0.3) is 0 Å². The van der Waals surface area contributed by atoms with Crippen LogP contribution in [-0.2, 0) is 0 Å². The third kappa shape index (κ3) is 2.82. The van der Waals surface area contributed by atoms with E-state index >= 15 is 0 Å². The first-order valence-electron chi connectivity index (χ1n) is 5.77. The average Bonchev–Trinajstić information content (AvgIpc) is 2.39. The number of halogens is 3. The number of nitrogens with zero attached hydrogens (tertiary/aromatic N) is 1. The molecule has 2 aromatic rings. The fourth-order valence-electron chi connectivity index (χ4n) is 1.96. The molecule has 0 radical (unpaired) electrons. The summed E-state index contributed by atoms with van der Waals surface area (Å²) < 4.78 is 28.3. The molecule has 0 aliphatic heterocycles. The Bertz CT molecular complexity index is 602. The van der Waals surface area contributed by atoms with Crippen LogP contribution < -0.4 is 5.32 Å². The Hall–Kier alpha value is -1.33. The largest absolute Gasteiger partial charge is 0.308 e. The Morgan fingerprint density at radius 1 is 1.26 bits per heavy atom. The summed E-state index contributed by atoms with van der Waals surface area (Å²) >= 11 is 3.07. The number of nitrogens with one attached hydrogen (secondary N) is 1. The van der Waals surface area contributed by atoms with Crippen molar-refractivity contribution >= 4 is 15.9 Å². The maximum absolute atomic E-state index is 14.1. The van der Waals surface area contributed by atoms with Crippen LogP contribution in [0.1, 0.15) is 22.9 Å². The molecule has 100 valence electrons. The number of pyridine rings is 1. The van der Waals surface area contributed by atoms with E-state index < -0.39 is 17.7 Å². The van der Waals surface area contributed by atoms with Crippen LogP contribution in [0.5, 0.6) is 0 Å². The fraction of sp³-hybridized carbons (Fsp3) is 0.214. The third-order valence-electron chi connectivity index (χ3n) is 2.89. The van der Waals surface area contributed by atoms with Gasteiger partial charge in [-0.1, -0.05) is 0 Å². The highest BCUT2D eigenvalue weighted by atomic mass is 79.9. The highest BCUT2D eigenvalue weighted by Gasteiger charge is 2.23. The summed E-state index contributed by atoms with van der Waals surface area (Å²) in [7, 11) is 1.65. The molecule has 5 heteroatoms. The van der Waals surface area contributed by atoms with Crippen molar-refractivity contribution in [2.75, 3.05) is 7.05 Å². The first kappa shape index (κ1) is 14.1. The zero-order valence-electron chi connectivity index (χ0n) is 10.5. The van der Waals surface area contributed by atoms with Gasteiger partial charge in [-0.2, -0.15) is 0 Å². The number of aromatic nitrogens is 1. The Balaban J connectivity index is 2.57. The van der Waals surface area contributed by atoms with Crippen LogP contribution >= 0.6 is 15.9 Å². The molecule has 0 saturated heterocycles. The van der Waals surface area contributed by atoms with Crippen molar-refractivity contribution in [2.45, 2.75) is 13.0 Å². The Morgan fingerprint density at radius 2 is 2.00 bits per heavy atom. The summed E-state index contributed by atoms with van der Waals surface area (Å²) in [5.74, 6) is -1.20. The Morgan fingerprint density at radius 3 is 2.63 bits per heavy atom. The lowest BCUT2D eigenvalue weighted by atomic mass is 10.0. The van der Waals surface area contributed by atoms with Crippen LogP contribution in [0, 0.1) is 18.6 Å². The summed E-state index contributed by atoms with van der Waals surface area (Å²) in [6.45, 7) is 1.91. The lowest BCUT2D eigenvalue weighted by Crippen LogP contribution is -2.21. The fourth-order valence-corrected chi connectivity index (χ4v) is 2.31. The van der Waals surface area contributed by atoms with Gasteiger partial charge >= 0.3 is 0 Å². The minimum Gasteiger partial charge on any atom is -0.308 e. The van der Waals surface area contributed by atoms with Gasteiger partial charge in [0.15, 0.2) is 0 Å². The third-order valence-corrected chi connectivity index (χ3v) is 3.50. The summed E-state index contributed by atoms with van der Waals surface area (Å²) in [6, 6.07) is 5.61. The van der Waals surface area contributed by atoms with E-state index in [0.29, 0.717) is 5.69 Å². The number of rotatable bonds is 3. The van der Waals surface area contributed by atoms with Crippen molar-refractivity contribution in [3.8, 4) is 0 Å². The van der Waals surface area contributed by atoms with Crippen molar-refractivity contribution < 1.29 is 8.78 Å². The van der Waals surface area contributed by atoms with E-state index in [1.54, 1.807) is 19.3 Å². The molecule has 2 nitrogen and oxygen atoms in total. The van der Waals surface area contributed by atoms with E-state index in [-0.39, 0.29) is 10.0 Å². The van der Waals surface area contributed by atoms with Gasteiger partial charge in [-0.3, -0.25) is 4.98 Å². The molecule has 0 saturated carbocycles. The van der Waals surface area contributed by atoms with Crippen molar-refractivity contribution in [3.05, 3.63) is 63.4 Å². The number of aryl methyl sites for hydroxylation is 1. The van der Waals surface area contributed by atoms with Crippen LogP contribution in [0.3, 0.4) is 0 Å². The molecule has 0 bridgehead atoms. The van der Waals surface area contributed by atoms with Crippen LogP contribution in [0.2, 0.25) is 0 Å². The molecule has 0 aliphatic rings. The lowest BCUT2D eigenvalue weighted by molar-refractivity contribution is 0.514. The molecular formula is C14H13BrF2N2. The average molecular weight is 327 g/mol. The van der Waals surface area contributed by atoms with Gasteiger partial charge in [0.05, 0.1) is 16.2 Å². The predicted molar refractivity (Wildman–Crippen MR) is 73.9 cm³/mol. The second kappa shape index (κ2) is 5.75. The Kier molecular flexibility index (Phi) is 4.27. The van der Waals surface area contributed by atoms with Crippen LogP contribution in [-0.4, -0.2) is 12.0 Å². The SMILES string of the molecule is CNC(c1cc(C)ccn1)c1c(F)ccc(Br)c1F. The van der Waals surface area contributed by atoms with Crippen molar-refractivity contribution in [1.29, 1.82) is 0 Å². The van der Waals surface area contributed by atoms with Gasteiger partial charge in [-0.05, 0) is 59.7 Å². The molecular weight excluding hydrogens is 314 g/mol. The van der Waals surface area contributed by atoms with Gasteiger partial charge in [0.2, 0.25) is 0 Å². The molecule has 1 heterocycles. The van der Waals surface area contributed by atoms with Gasteiger partial charge in [-0.25, -0.2) is 8.78 Å². The highest BCUT2D eigenvalue weighted by molar-refractivity contribution is 9.10. The van der Waals surface area contributed by atoms with E-state index in [4.69, 9.17) is 0 Å². The van der Waals surface area contributed by atoms with Crippen LogP contribution in [0.15, 0.2) is 34.9 Å². The quantitative estimate of drug-likeness (QED) is 0.869. The van der Waals surface area contributed by atoms with Gasteiger partial charge in [0.1, 0.15) is 11.6 Å². The minimum absolute atomic E-state index is 0.0324. The second-order valence-corrected chi connectivity index (χ2v) is 5.09. The van der Waals surface area contributed by atoms with Crippen molar-refractivity contribution in [3.63, 3.8) is 0 Å². The molecule has 2 rings (SSSR count). The number of hydrogen-bond donors (Lipinski definition) is 1. The number of hydrogen-bond acceptors (Lipinski definition) is 2. The Labute approximate surface area is 119 Å². The zero-order valence-corrected chi connectivity index (χ0v) is 12.1. The van der Waals surface area contributed by atoms with Gasteiger partial charge in [0, 0.05) is 11.8 Å². The summed E-state index contributed by atoms with van der Waals surface area (Å²) in [5, 5.41) is 2.91. The van der Waals surface area contributed by atoms with Crippen molar-refractivity contribution in [1.82, 2.24) is 10.3 Å². The predicted octanol–water partition coefficient (Wildman–Crippen LogP) is 3.74. The topological polar surface area (TPSA) is 24.9 Å². The molecule has 1 N–H and O–H groups in total. The standard InChI is InChI=1S/C14H13BrF2N2/c1-8-5-6-19-11(7-8)14(18-2)12-10(16)4-3-9(15)13(12)17/h3-7,14,18H,1-2H3. The molecule has 19 heavy (non-hydrogen) atoms. The summed E-state index contributed by atoms with van der Waals surface area (Å²) in [4.78, 5) is 4.19. The monoisotopic (exact) mass is 326 g/mol. The highest BCUT2D eigenvalue weighted by Crippen LogP contribution is 2.29. The maximum Gasteiger partial charge on any atom is 0.145 e. The van der Waals surface area contributed by atoms with E-state index in [1.807, 2.05) is 13.0 Å². The smallest absolute Gasteiger partial charge is 0.145 e. The molecule has 0 spiro atoms. The molecule has 0 fully saturated rings. The molecule has 0 amide bonds. The van der Waals surface area contributed by atoms with E-state index in [0.717, 1.165) is 5.56 Å². The molecule has 0 aliphatic carbocycles. The van der Waals surface area contributed by atoms with Gasteiger partial charge < -0.3 is 5.32 Å². The van der Waals surface area contributed by atoms with Gasteiger partial charge in [0.25, 0.3) is 0 Å². The van der Waals surface area contributed by atoms with Gasteiger partial charge in [-0.15, -0.1) is 0 Å². The molecule has 1 atom stereocenters. The zero-order chi connectivity index (χ0) is 14.0. The first-order valence-corrected chi connectivity index (χ1v) is 6.57. The van der Waals surface area contributed by atoms with E-state index in [9.17, 15) is 8.78 Å². The first-order chi connectivity index (χ1) is 9.04. The van der Waals surface area contributed by atoms with E-state index in [2.05, 4.69) is 26.2 Å². The summed E-state index contributed by atoms with van der Waals surface area (Å²) in [5.41, 5.74) is 1.54. The van der Waals surface area contributed by atoms with Crippen molar-refractivity contribution in [2.24, 2.45) is 0 Å². The number of benzene rings is 1. The molecule has 1 unspecified atom stereocenters. The normalized spacial score (nSPS) is 12.5. The lowest BCUT2D eigenvalue weighted by Gasteiger charge is -2.18.